The second kappa shape index (κ2) is 5.31. The van der Waals surface area contributed by atoms with Gasteiger partial charge in [-0.1, -0.05) is 0 Å². The van der Waals surface area contributed by atoms with Gasteiger partial charge in [-0.3, -0.25) is 9.59 Å². The molecule has 1 amide bonds. The normalized spacial score (nSPS) is 20.3. The van der Waals surface area contributed by atoms with E-state index in [-0.39, 0.29) is 17.2 Å². The number of halogens is 1. The van der Waals surface area contributed by atoms with Crippen LogP contribution in [0.2, 0.25) is 0 Å². The molecule has 0 radical (unpaired) electrons. The van der Waals surface area contributed by atoms with E-state index in [1.807, 2.05) is 0 Å². The summed E-state index contributed by atoms with van der Waals surface area (Å²) in [5.41, 5.74) is -0.0290. The number of alkyl halides is 1. The molecule has 0 aliphatic carbocycles. The predicted octanol–water partition coefficient (Wildman–Crippen LogP) is 0.861. The lowest BCUT2D eigenvalue weighted by Crippen LogP contribution is -2.41. The summed E-state index contributed by atoms with van der Waals surface area (Å²) in [6.45, 7) is 1.40. The summed E-state index contributed by atoms with van der Waals surface area (Å²) in [5, 5.41) is 6.01. The quantitative estimate of drug-likeness (QED) is 0.797. The summed E-state index contributed by atoms with van der Waals surface area (Å²) in [5.74, 6) is 0.788. The average molecular weight is 256 g/mol. The first-order chi connectivity index (χ1) is 8.20. The highest BCUT2D eigenvalue weighted by Gasteiger charge is 2.24. The molecule has 1 aromatic heterocycles. The third kappa shape index (κ3) is 2.85. The Morgan fingerprint density at radius 3 is 3.06 bits per heavy atom. The van der Waals surface area contributed by atoms with Crippen LogP contribution in [0.4, 0.5) is 0 Å². The van der Waals surface area contributed by atoms with Crippen LogP contribution < -0.4 is 5.56 Å². The van der Waals surface area contributed by atoms with E-state index in [1.165, 1.54) is 12.1 Å². The Hall–Kier alpha value is -1.36. The van der Waals surface area contributed by atoms with Gasteiger partial charge in [-0.05, 0) is 24.8 Å². The van der Waals surface area contributed by atoms with Crippen molar-refractivity contribution in [1.29, 1.82) is 0 Å². The van der Waals surface area contributed by atoms with Crippen molar-refractivity contribution < 1.29 is 4.79 Å². The van der Waals surface area contributed by atoms with Crippen molar-refractivity contribution in [3.8, 4) is 0 Å². The van der Waals surface area contributed by atoms with Gasteiger partial charge in [-0.25, -0.2) is 5.10 Å². The molecule has 1 N–H and O–H groups in total. The maximum Gasteiger partial charge on any atom is 0.274 e. The number of likely N-dealkylation sites (tertiary alicyclic amines) is 1. The molecule has 1 fully saturated rings. The standard InChI is InChI=1S/C11H14ClN3O2/c12-6-8-2-1-5-15(7-8)11(17)9-3-4-10(16)14-13-9/h3-4,8H,1-2,5-7H2,(H,14,16). The molecule has 17 heavy (non-hydrogen) atoms. The Bertz CT molecular complexity index is 440. The topological polar surface area (TPSA) is 66.1 Å². The molecule has 5 nitrogen and oxygen atoms in total. The summed E-state index contributed by atoms with van der Waals surface area (Å²) in [6, 6.07) is 2.76. The van der Waals surface area contributed by atoms with E-state index in [2.05, 4.69) is 10.2 Å². The number of aromatic amines is 1. The average Bonchev–Trinajstić information content (AvgIpc) is 2.39. The van der Waals surface area contributed by atoms with E-state index < -0.39 is 0 Å². The first-order valence-corrected chi connectivity index (χ1v) is 6.15. The highest BCUT2D eigenvalue weighted by Crippen LogP contribution is 2.18. The lowest BCUT2D eigenvalue weighted by atomic mass is 10.00. The number of nitrogens with one attached hydrogen (secondary N) is 1. The Morgan fingerprint density at radius 2 is 2.41 bits per heavy atom. The Morgan fingerprint density at radius 1 is 1.59 bits per heavy atom. The zero-order valence-corrected chi connectivity index (χ0v) is 10.1. The van der Waals surface area contributed by atoms with Crippen LogP contribution in [0.5, 0.6) is 0 Å². The van der Waals surface area contributed by atoms with Crippen LogP contribution in [-0.4, -0.2) is 40.0 Å². The van der Waals surface area contributed by atoms with Crippen LogP contribution in [0.15, 0.2) is 16.9 Å². The molecule has 2 heterocycles. The minimum atomic E-state index is -0.307. The highest BCUT2D eigenvalue weighted by atomic mass is 35.5. The summed E-state index contributed by atoms with van der Waals surface area (Å²) >= 11 is 5.82. The summed E-state index contributed by atoms with van der Waals surface area (Å²) in [6.07, 6.45) is 2.03. The predicted molar refractivity (Wildman–Crippen MR) is 64.2 cm³/mol. The molecule has 0 aromatic carbocycles. The van der Waals surface area contributed by atoms with Crippen LogP contribution in [-0.2, 0) is 0 Å². The van der Waals surface area contributed by atoms with Crippen LogP contribution in [0.3, 0.4) is 0 Å². The number of nitrogens with zero attached hydrogens (tertiary/aromatic N) is 2. The number of hydrogen-bond acceptors (Lipinski definition) is 3. The van der Waals surface area contributed by atoms with Crippen molar-refractivity contribution in [2.45, 2.75) is 12.8 Å². The fourth-order valence-corrected chi connectivity index (χ4v) is 2.25. The van der Waals surface area contributed by atoms with E-state index in [1.54, 1.807) is 4.90 Å². The van der Waals surface area contributed by atoms with E-state index in [0.29, 0.717) is 18.3 Å². The summed E-state index contributed by atoms with van der Waals surface area (Å²) in [4.78, 5) is 24.7. The molecule has 0 bridgehead atoms. The number of piperidine rings is 1. The fourth-order valence-electron chi connectivity index (χ4n) is 2.00. The van der Waals surface area contributed by atoms with Crippen LogP contribution >= 0.6 is 11.6 Å². The van der Waals surface area contributed by atoms with Crippen molar-refractivity contribution in [1.82, 2.24) is 15.1 Å². The summed E-state index contributed by atoms with van der Waals surface area (Å²) in [7, 11) is 0. The van der Waals surface area contributed by atoms with Gasteiger partial charge in [0.15, 0.2) is 0 Å². The van der Waals surface area contributed by atoms with Gasteiger partial charge < -0.3 is 4.90 Å². The lowest BCUT2D eigenvalue weighted by molar-refractivity contribution is 0.0677. The molecule has 1 unspecified atom stereocenters. The largest absolute Gasteiger partial charge is 0.337 e. The third-order valence-electron chi connectivity index (χ3n) is 2.92. The van der Waals surface area contributed by atoms with Gasteiger partial charge in [0.1, 0.15) is 5.69 Å². The van der Waals surface area contributed by atoms with Gasteiger partial charge in [0.2, 0.25) is 0 Å². The molecule has 1 aliphatic rings. The zero-order valence-electron chi connectivity index (χ0n) is 9.36. The van der Waals surface area contributed by atoms with Crippen LogP contribution in [0.1, 0.15) is 23.3 Å². The maximum absolute atomic E-state index is 12.1. The van der Waals surface area contributed by atoms with Gasteiger partial charge in [-0.2, -0.15) is 5.10 Å². The molecule has 0 spiro atoms. The fraction of sp³-hybridized carbons (Fsp3) is 0.545. The smallest absolute Gasteiger partial charge is 0.274 e. The Kier molecular flexibility index (Phi) is 3.78. The molecular weight excluding hydrogens is 242 g/mol. The SMILES string of the molecule is O=C(c1ccc(=O)[nH]n1)N1CCCC(CCl)C1. The first-order valence-electron chi connectivity index (χ1n) is 5.61. The molecule has 92 valence electrons. The van der Waals surface area contributed by atoms with Crippen LogP contribution in [0.25, 0.3) is 0 Å². The van der Waals surface area contributed by atoms with Crippen molar-refractivity contribution in [3.63, 3.8) is 0 Å². The molecule has 6 heteroatoms. The number of carbonyl (C=O) groups excluding carboxylic acids is 1. The van der Waals surface area contributed by atoms with Crippen molar-refractivity contribution in [2.24, 2.45) is 5.92 Å². The second-order valence-corrected chi connectivity index (χ2v) is 4.53. The molecule has 0 saturated carbocycles. The van der Waals surface area contributed by atoms with Gasteiger partial charge in [-0.15, -0.1) is 11.6 Å². The second-order valence-electron chi connectivity index (χ2n) is 4.22. The number of rotatable bonds is 2. The molecule has 2 rings (SSSR count). The van der Waals surface area contributed by atoms with Crippen molar-refractivity contribution in [3.05, 3.63) is 28.2 Å². The highest BCUT2D eigenvalue weighted by molar-refractivity contribution is 6.18. The van der Waals surface area contributed by atoms with E-state index in [4.69, 9.17) is 11.6 Å². The van der Waals surface area contributed by atoms with E-state index in [9.17, 15) is 9.59 Å². The monoisotopic (exact) mass is 255 g/mol. The lowest BCUT2D eigenvalue weighted by Gasteiger charge is -2.31. The molecule has 1 atom stereocenters. The number of aromatic nitrogens is 2. The number of amides is 1. The number of H-pyrrole nitrogens is 1. The summed E-state index contributed by atoms with van der Waals surface area (Å²) < 4.78 is 0. The van der Waals surface area contributed by atoms with E-state index >= 15 is 0 Å². The van der Waals surface area contributed by atoms with E-state index in [0.717, 1.165) is 19.4 Å². The molecule has 1 aromatic rings. The number of carbonyl (C=O) groups is 1. The van der Waals surface area contributed by atoms with Crippen molar-refractivity contribution >= 4 is 17.5 Å². The van der Waals surface area contributed by atoms with Crippen LogP contribution in [0, 0.1) is 5.92 Å². The first kappa shape index (κ1) is 12.1. The number of hydrogen-bond donors (Lipinski definition) is 1. The van der Waals surface area contributed by atoms with Crippen molar-refractivity contribution in [2.75, 3.05) is 19.0 Å². The Balaban J connectivity index is 2.09. The molecular formula is C11H14ClN3O2. The Labute approximate surface area is 104 Å². The van der Waals surface area contributed by atoms with Gasteiger partial charge >= 0.3 is 0 Å². The minimum absolute atomic E-state index is 0.143. The zero-order chi connectivity index (χ0) is 12.3. The van der Waals surface area contributed by atoms with Gasteiger partial charge in [0.25, 0.3) is 11.5 Å². The maximum atomic E-state index is 12.1. The third-order valence-corrected chi connectivity index (χ3v) is 3.36. The van der Waals surface area contributed by atoms with Gasteiger partial charge in [0, 0.05) is 25.0 Å². The molecule has 1 aliphatic heterocycles. The minimum Gasteiger partial charge on any atom is -0.337 e. The molecule has 1 saturated heterocycles. The van der Waals surface area contributed by atoms with Gasteiger partial charge in [0.05, 0.1) is 0 Å².